The monoisotopic (exact) mass is 936 g/mol. The predicted octanol–water partition coefficient (Wildman–Crippen LogP) is 7.85. The minimum atomic E-state index is -4.96. The number of aromatic amines is 2. The van der Waals surface area contributed by atoms with Gasteiger partial charge >= 0.3 is 30.4 Å². The summed E-state index contributed by atoms with van der Waals surface area (Å²) in [6, 6.07) is 14.1. The number of alkyl halides is 6. The highest BCUT2D eigenvalue weighted by molar-refractivity contribution is 7.16. The number of carboxylic acid groups (broad SMARTS) is 1. The number of hydrogen-bond donors (Lipinski definition) is 7. The highest BCUT2D eigenvalue weighted by Crippen LogP contribution is 2.38. The summed E-state index contributed by atoms with van der Waals surface area (Å²) in [4.78, 5) is 76.5. The van der Waals surface area contributed by atoms with E-state index < -0.39 is 87.2 Å². The lowest BCUT2D eigenvalue weighted by molar-refractivity contribution is -0.142. The molecule has 0 aliphatic carbocycles. The summed E-state index contributed by atoms with van der Waals surface area (Å²) in [7, 11) is 1.01. The molecule has 0 aliphatic rings. The summed E-state index contributed by atoms with van der Waals surface area (Å²) in [6.45, 7) is 4.45. The number of hydrogen-bond acceptors (Lipinski definition) is 10. The molecule has 1 atom stereocenters. The molecule has 2 aromatic carbocycles. The van der Waals surface area contributed by atoms with Gasteiger partial charge in [-0.1, -0.05) is 24.3 Å². The molecular formula is C41H38F6N6O9S2. The zero-order valence-electron chi connectivity index (χ0n) is 33.9. The SMILES string of the molecule is COC(=O)[C@H](CNC(=O)OC(C)(C)C)NC(=O)c1sc(C(=O)NCc2cccc3[nH]ccc23)cc1C(F)(F)F.O=C(NCc1cccc2[nH]ccc12)c1cc(C(F)(F)F)c(C(=O)O)s1. The van der Waals surface area contributed by atoms with Crippen molar-refractivity contribution in [2.24, 2.45) is 0 Å². The number of amides is 4. The number of methoxy groups -OCH3 is 1. The lowest BCUT2D eigenvalue weighted by atomic mass is 10.1. The molecule has 64 heavy (non-hydrogen) atoms. The van der Waals surface area contributed by atoms with Crippen molar-refractivity contribution < 1.29 is 69.7 Å². The van der Waals surface area contributed by atoms with Crippen molar-refractivity contribution >= 4 is 80.2 Å². The molecule has 0 bridgehead atoms. The van der Waals surface area contributed by atoms with Crippen molar-refractivity contribution in [3.63, 3.8) is 0 Å². The minimum absolute atomic E-state index is 0.0373. The van der Waals surface area contributed by atoms with Crippen LogP contribution < -0.4 is 21.3 Å². The Kier molecular flexibility index (Phi) is 14.8. The standard InChI is InChI=1S/C25H27F3N4O6S.C16H11F3N2O3S/c1-24(2,3)38-23(36)31-12-17(22(35)37-4)32-21(34)19-15(25(26,27)28)10-18(39-19)20(33)30-11-13-6-5-7-16-14(13)8-9-29-16;17-16(18,19)10-6-12(25-13(10)15(23)24)14(22)21-7-8-2-1-3-11-9(8)4-5-20-11/h5-10,17,29H,11-12H2,1-4H3,(H,30,33)(H,31,36)(H,32,34);1-6,20H,7H2,(H,21,22)(H,23,24)/t17-;/m0./s1. The van der Waals surface area contributed by atoms with Crippen molar-refractivity contribution in [2.75, 3.05) is 13.7 Å². The molecule has 0 unspecified atom stereocenters. The number of benzene rings is 2. The first kappa shape index (κ1) is 48.2. The van der Waals surface area contributed by atoms with E-state index in [1.165, 1.54) is 0 Å². The molecule has 0 fully saturated rings. The van der Waals surface area contributed by atoms with Crippen LogP contribution in [0.3, 0.4) is 0 Å². The first-order valence-electron chi connectivity index (χ1n) is 18.6. The van der Waals surface area contributed by atoms with Crippen LogP contribution >= 0.6 is 22.7 Å². The summed E-state index contributed by atoms with van der Waals surface area (Å²) in [5, 5.41) is 20.1. The lowest BCUT2D eigenvalue weighted by Gasteiger charge is -2.21. The Balaban J connectivity index is 0.000000264. The molecule has 0 radical (unpaired) electrons. The number of aromatic carboxylic acids is 1. The molecule has 0 saturated heterocycles. The number of H-pyrrole nitrogens is 2. The molecule has 6 rings (SSSR count). The van der Waals surface area contributed by atoms with E-state index >= 15 is 0 Å². The van der Waals surface area contributed by atoms with E-state index in [2.05, 4.69) is 36.0 Å². The number of carbonyl (C=O) groups excluding carboxylic acids is 5. The van der Waals surface area contributed by atoms with Gasteiger partial charge in [0.15, 0.2) is 0 Å². The first-order valence-corrected chi connectivity index (χ1v) is 20.3. The number of carbonyl (C=O) groups is 6. The molecular weight excluding hydrogens is 899 g/mol. The smallest absolute Gasteiger partial charge is 0.418 e. The maximum atomic E-state index is 13.8. The zero-order chi connectivity index (χ0) is 47.1. The third kappa shape index (κ3) is 12.2. The van der Waals surface area contributed by atoms with Crippen LogP contribution in [-0.4, -0.2) is 76.1 Å². The van der Waals surface area contributed by atoms with E-state index in [0.717, 1.165) is 40.0 Å². The predicted molar refractivity (Wildman–Crippen MR) is 222 cm³/mol. The average Bonchev–Trinajstić information content (AvgIpc) is 4.05. The number of aromatic nitrogens is 2. The number of ether oxygens (including phenoxy) is 2. The zero-order valence-corrected chi connectivity index (χ0v) is 35.6. The fraction of sp³-hybridized carbons (Fsp3) is 0.268. The van der Waals surface area contributed by atoms with Gasteiger partial charge in [0.1, 0.15) is 21.4 Å². The van der Waals surface area contributed by atoms with E-state index in [-0.39, 0.29) is 22.8 Å². The van der Waals surface area contributed by atoms with Gasteiger partial charge in [0.05, 0.1) is 34.5 Å². The third-order valence-corrected chi connectivity index (χ3v) is 11.1. The second kappa shape index (κ2) is 19.7. The number of halogens is 6. The van der Waals surface area contributed by atoms with Gasteiger partial charge < -0.3 is 45.8 Å². The van der Waals surface area contributed by atoms with Crippen LogP contribution in [0.25, 0.3) is 21.8 Å². The molecule has 4 amide bonds. The molecule has 0 saturated carbocycles. The van der Waals surface area contributed by atoms with Gasteiger partial charge in [0, 0.05) is 47.3 Å². The topological polar surface area (TPSA) is 221 Å². The van der Waals surface area contributed by atoms with Crippen LogP contribution in [0.5, 0.6) is 0 Å². The number of nitrogens with one attached hydrogen (secondary N) is 6. The Morgan fingerprint density at radius 3 is 1.58 bits per heavy atom. The third-order valence-electron chi connectivity index (χ3n) is 8.81. The van der Waals surface area contributed by atoms with E-state index in [1.807, 2.05) is 24.3 Å². The summed E-state index contributed by atoms with van der Waals surface area (Å²) in [6.07, 6.45) is -7.25. The normalized spacial score (nSPS) is 12.2. The highest BCUT2D eigenvalue weighted by Gasteiger charge is 2.40. The van der Waals surface area contributed by atoms with Gasteiger partial charge in [-0.05, 0) is 68.3 Å². The van der Waals surface area contributed by atoms with E-state index in [1.54, 1.807) is 57.4 Å². The second-order valence-electron chi connectivity index (χ2n) is 14.5. The first-order chi connectivity index (χ1) is 30.0. The molecule has 340 valence electrons. The van der Waals surface area contributed by atoms with Crippen molar-refractivity contribution in [2.45, 2.75) is 57.9 Å². The molecule has 7 N–H and O–H groups in total. The average molecular weight is 937 g/mol. The highest BCUT2D eigenvalue weighted by atomic mass is 32.1. The van der Waals surface area contributed by atoms with Crippen molar-refractivity contribution in [3.8, 4) is 0 Å². The van der Waals surface area contributed by atoms with Gasteiger partial charge in [0.25, 0.3) is 17.7 Å². The Morgan fingerprint density at radius 1 is 0.688 bits per heavy atom. The van der Waals surface area contributed by atoms with E-state index in [4.69, 9.17) is 9.84 Å². The minimum Gasteiger partial charge on any atom is -0.477 e. The van der Waals surface area contributed by atoms with Gasteiger partial charge in [0.2, 0.25) is 0 Å². The van der Waals surface area contributed by atoms with Crippen LogP contribution in [0, 0.1) is 0 Å². The van der Waals surface area contributed by atoms with Crippen LogP contribution in [-0.2, 0) is 39.7 Å². The van der Waals surface area contributed by atoms with Gasteiger partial charge in [-0.3, -0.25) is 14.4 Å². The number of carboxylic acids is 1. The van der Waals surface area contributed by atoms with E-state index in [9.17, 15) is 55.1 Å². The van der Waals surface area contributed by atoms with E-state index in [0.29, 0.717) is 34.8 Å². The molecule has 15 nitrogen and oxygen atoms in total. The second-order valence-corrected chi connectivity index (χ2v) is 16.6. The Hall–Kier alpha value is -6.88. The summed E-state index contributed by atoms with van der Waals surface area (Å²) in [5.74, 6) is -5.57. The fourth-order valence-electron chi connectivity index (χ4n) is 5.95. The number of fused-ring (bicyclic) bond motifs is 2. The summed E-state index contributed by atoms with van der Waals surface area (Å²) < 4.78 is 89.6. The number of esters is 1. The maximum absolute atomic E-state index is 13.8. The van der Waals surface area contributed by atoms with Crippen LogP contribution in [0.1, 0.15) is 81.7 Å². The van der Waals surface area contributed by atoms with Gasteiger partial charge in [-0.25, -0.2) is 14.4 Å². The molecule has 0 spiro atoms. The molecule has 4 heterocycles. The van der Waals surface area contributed by atoms with Crippen LogP contribution in [0.4, 0.5) is 31.1 Å². The number of thiophene rings is 2. The molecule has 4 aromatic heterocycles. The largest absolute Gasteiger partial charge is 0.477 e. The Labute approximate surface area is 366 Å². The van der Waals surface area contributed by atoms with Crippen molar-refractivity contribution in [3.05, 3.63) is 115 Å². The van der Waals surface area contributed by atoms with Crippen molar-refractivity contribution in [1.29, 1.82) is 0 Å². The number of alkyl carbamates (subject to hydrolysis) is 1. The van der Waals surface area contributed by atoms with Gasteiger partial charge in [-0.15, -0.1) is 22.7 Å². The van der Waals surface area contributed by atoms with Gasteiger partial charge in [-0.2, -0.15) is 26.3 Å². The van der Waals surface area contributed by atoms with Crippen LogP contribution in [0.15, 0.2) is 73.1 Å². The lowest BCUT2D eigenvalue weighted by Crippen LogP contribution is -2.49. The summed E-state index contributed by atoms with van der Waals surface area (Å²) >= 11 is 0.627. The fourth-order valence-corrected chi connectivity index (χ4v) is 7.88. The summed E-state index contributed by atoms with van der Waals surface area (Å²) in [5.41, 5.74) is -0.274. The Bertz CT molecular complexity index is 2690. The molecule has 23 heteroatoms. The maximum Gasteiger partial charge on any atom is 0.418 e. The molecule has 0 aliphatic heterocycles. The van der Waals surface area contributed by atoms with Crippen LogP contribution in [0.2, 0.25) is 0 Å². The quantitative estimate of drug-likeness (QED) is 0.0469. The van der Waals surface area contributed by atoms with Crippen molar-refractivity contribution in [1.82, 2.24) is 31.2 Å². The molecule has 6 aromatic rings. The number of rotatable bonds is 12. The Morgan fingerprint density at radius 2 is 1.16 bits per heavy atom.